The first-order chi connectivity index (χ1) is 5.77. The van der Waals surface area contributed by atoms with Gasteiger partial charge in [-0.3, -0.25) is 0 Å². The van der Waals surface area contributed by atoms with Gasteiger partial charge in [0.1, 0.15) is 8.25 Å². The summed E-state index contributed by atoms with van der Waals surface area (Å²) >= 11 is 0. The zero-order valence-electron chi connectivity index (χ0n) is 8.67. The van der Waals surface area contributed by atoms with Gasteiger partial charge in [-0.25, -0.2) is 0 Å². The Morgan fingerprint density at radius 2 is 1.69 bits per heavy atom. The fourth-order valence-electron chi connectivity index (χ4n) is 1.04. The van der Waals surface area contributed by atoms with E-state index in [1.807, 2.05) is 0 Å². The van der Waals surface area contributed by atoms with E-state index in [9.17, 15) is 9.46 Å². The van der Waals surface area contributed by atoms with Gasteiger partial charge >= 0.3 is 29.6 Å². The summed E-state index contributed by atoms with van der Waals surface area (Å²) in [7, 11) is -2.93. The molecule has 0 bridgehead atoms. The molecule has 0 spiro atoms. The third-order valence-electron chi connectivity index (χ3n) is 1.72. The quantitative estimate of drug-likeness (QED) is 0.301. The fourth-order valence-corrected chi connectivity index (χ4v) is 1.35. The van der Waals surface area contributed by atoms with Gasteiger partial charge in [0.25, 0.3) is 0 Å². The molecule has 5 heteroatoms. The van der Waals surface area contributed by atoms with Crippen LogP contribution in [0.25, 0.3) is 0 Å². The number of rotatable bonds is 8. The second-order valence-corrected chi connectivity index (χ2v) is 3.65. The standard InChI is InChI=1S/C8H19O3P.Na/c1-2-3-4-5-6-7-8-11-12(9)10;/h12H,2-8H2,1H3,(H,9,10);/q;+1/p-1. The molecule has 1 atom stereocenters. The van der Waals surface area contributed by atoms with E-state index in [4.69, 9.17) is 0 Å². The molecule has 0 aliphatic rings. The molecule has 0 saturated carbocycles. The molecule has 74 valence electrons. The van der Waals surface area contributed by atoms with Crippen molar-refractivity contribution in [1.82, 2.24) is 0 Å². The molecule has 0 rings (SSSR count). The van der Waals surface area contributed by atoms with Crippen LogP contribution in [0.5, 0.6) is 0 Å². The molecule has 0 aliphatic carbocycles. The third-order valence-corrected chi connectivity index (χ3v) is 2.16. The minimum atomic E-state index is -2.93. The van der Waals surface area contributed by atoms with Crippen molar-refractivity contribution in [3.63, 3.8) is 0 Å². The van der Waals surface area contributed by atoms with Crippen molar-refractivity contribution in [2.24, 2.45) is 0 Å². The molecular formula is C8H18NaO3P. The minimum Gasteiger partial charge on any atom is -0.781 e. The van der Waals surface area contributed by atoms with Gasteiger partial charge in [0.15, 0.2) is 0 Å². The van der Waals surface area contributed by atoms with Crippen LogP contribution in [0, 0.1) is 0 Å². The smallest absolute Gasteiger partial charge is 0.781 e. The maximum absolute atomic E-state index is 9.99. The molecule has 0 aromatic carbocycles. The van der Waals surface area contributed by atoms with Gasteiger partial charge in [-0.2, -0.15) is 0 Å². The van der Waals surface area contributed by atoms with Gasteiger partial charge in [0.05, 0.1) is 6.61 Å². The van der Waals surface area contributed by atoms with Crippen LogP contribution in [0.2, 0.25) is 0 Å². The van der Waals surface area contributed by atoms with E-state index < -0.39 is 8.25 Å². The molecule has 0 N–H and O–H groups in total. The summed E-state index contributed by atoms with van der Waals surface area (Å²) in [6.45, 7) is 2.54. The van der Waals surface area contributed by atoms with Crippen LogP contribution in [0.4, 0.5) is 0 Å². The van der Waals surface area contributed by atoms with E-state index in [2.05, 4.69) is 11.4 Å². The van der Waals surface area contributed by atoms with E-state index in [0.717, 1.165) is 12.8 Å². The van der Waals surface area contributed by atoms with Crippen LogP contribution in [0.3, 0.4) is 0 Å². The third kappa shape index (κ3) is 15.9. The summed E-state index contributed by atoms with van der Waals surface area (Å²) in [5.74, 6) is 0. The second-order valence-electron chi connectivity index (χ2n) is 2.87. The Bertz CT molecular complexity index is 122. The Balaban J connectivity index is 0. The minimum absolute atomic E-state index is 0. The van der Waals surface area contributed by atoms with Gasteiger partial charge in [-0.15, -0.1) is 0 Å². The molecule has 0 aromatic rings. The summed E-state index contributed by atoms with van der Waals surface area (Å²) < 4.78 is 14.4. The molecule has 0 aromatic heterocycles. The van der Waals surface area contributed by atoms with E-state index in [-0.39, 0.29) is 29.6 Å². The summed E-state index contributed by atoms with van der Waals surface area (Å²) in [6.07, 6.45) is 6.90. The summed E-state index contributed by atoms with van der Waals surface area (Å²) in [5.41, 5.74) is 0. The maximum atomic E-state index is 9.99. The van der Waals surface area contributed by atoms with E-state index in [1.54, 1.807) is 0 Å². The largest absolute Gasteiger partial charge is 1.00 e. The van der Waals surface area contributed by atoms with E-state index in [0.29, 0.717) is 6.61 Å². The van der Waals surface area contributed by atoms with Crippen LogP contribution in [-0.2, 0) is 9.09 Å². The monoisotopic (exact) mass is 216 g/mol. The van der Waals surface area contributed by atoms with Crippen molar-refractivity contribution in [3.8, 4) is 0 Å². The first-order valence-electron chi connectivity index (χ1n) is 4.61. The maximum Gasteiger partial charge on any atom is 1.00 e. The van der Waals surface area contributed by atoms with Gasteiger partial charge in [-0.05, 0) is 6.42 Å². The van der Waals surface area contributed by atoms with Crippen LogP contribution >= 0.6 is 8.25 Å². The summed E-state index contributed by atoms with van der Waals surface area (Å²) in [6, 6.07) is 0. The van der Waals surface area contributed by atoms with Crippen LogP contribution in [0.15, 0.2) is 0 Å². The van der Waals surface area contributed by atoms with Gasteiger partial charge in [0.2, 0.25) is 0 Å². The van der Waals surface area contributed by atoms with Crippen LogP contribution in [-0.4, -0.2) is 6.61 Å². The first kappa shape index (κ1) is 16.6. The molecule has 0 heterocycles. The Labute approximate surface area is 103 Å². The van der Waals surface area contributed by atoms with Crippen molar-refractivity contribution in [2.75, 3.05) is 6.61 Å². The predicted octanol–water partition coefficient (Wildman–Crippen LogP) is -0.882. The summed E-state index contributed by atoms with van der Waals surface area (Å²) in [4.78, 5) is 9.99. The molecule has 3 nitrogen and oxygen atoms in total. The Morgan fingerprint density at radius 3 is 2.23 bits per heavy atom. The van der Waals surface area contributed by atoms with Crippen molar-refractivity contribution in [1.29, 1.82) is 0 Å². The van der Waals surface area contributed by atoms with Gasteiger partial charge in [-0.1, -0.05) is 39.0 Å². The van der Waals surface area contributed by atoms with Crippen LogP contribution < -0.4 is 34.5 Å². The zero-order valence-corrected chi connectivity index (χ0v) is 11.7. The van der Waals surface area contributed by atoms with Crippen molar-refractivity contribution < 1.29 is 43.5 Å². The van der Waals surface area contributed by atoms with Gasteiger partial charge in [0, 0.05) is 0 Å². The SMILES string of the molecule is CCCCCCCCO[PH](=O)[O-].[Na+]. The molecule has 0 radical (unpaired) electrons. The number of hydrogen-bond acceptors (Lipinski definition) is 3. The first-order valence-corrected chi connectivity index (χ1v) is 5.83. The van der Waals surface area contributed by atoms with Gasteiger partial charge < -0.3 is 14.0 Å². The number of unbranched alkanes of at least 4 members (excludes halogenated alkanes) is 5. The average Bonchev–Trinajstić information content (AvgIpc) is 2.02. The summed E-state index contributed by atoms with van der Waals surface area (Å²) in [5, 5.41) is 0. The molecule has 0 fully saturated rings. The molecule has 13 heavy (non-hydrogen) atoms. The Kier molecular flexibility index (Phi) is 16.8. The normalized spacial score (nSPS) is 12.2. The number of hydrogen-bond donors (Lipinski definition) is 0. The topological polar surface area (TPSA) is 49.4 Å². The fraction of sp³-hybridized carbons (Fsp3) is 1.00. The molecule has 1 unspecified atom stereocenters. The van der Waals surface area contributed by atoms with Crippen molar-refractivity contribution in [2.45, 2.75) is 45.4 Å². The predicted molar refractivity (Wildman–Crippen MR) is 48.3 cm³/mol. The van der Waals surface area contributed by atoms with Crippen molar-refractivity contribution >= 4 is 8.25 Å². The molecule has 0 saturated heterocycles. The average molecular weight is 216 g/mol. The molecule has 0 aliphatic heterocycles. The van der Waals surface area contributed by atoms with Crippen LogP contribution in [0.1, 0.15) is 45.4 Å². The van der Waals surface area contributed by atoms with E-state index >= 15 is 0 Å². The Morgan fingerprint density at radius 1 is 1.15 bits per heavy atom. The second kappa shape index (κ2) is 13.2. The molecule has 0 amide bonds. The molecular weight excluding hydrogens is 198 g/mol. The van der Waals surface area contributed by atoms with E-state index in [1.165, 1.54) is 25.7 Å². The van der Waals surface area contributed by atoms with Crippen molar-refractivity contribution in [3.05, 3.63) is 0 Å². The Hall–Kier alpha value is 1.15. The zero-order chi connectivity index (χ0) is 9.23.